The number of piperidine rings is 1. The first-order valence-electron chi connectivity index (χ1n) is 6.69. The molecule has 112 valence electrons. The van der Waals surface area contributed by atoms with Crippen molar-refractivity contribution in [3.63, 3.8) is 0 Å². The molecule has 1 heterocycles. The van der Waals surface area contributed by atoms with Crippen molar-refractivity contribution in [2.75, 3.05) is 20.2 Å². The van der Waals surface area contributed by atoms with Crippen LogP contribution in [0.25, 0.3) is 0 Å². The van der Waals surface area contributed by atoms with Gasteiger partial charge in [0.05, 0.1) is 18.1 Å². The van der Waals surface area contributed by atoms with E-state index < -0.39 is 10.0 Å². The highest BCUT2D eigenvalue weighted by Gasteiger charge is 2.31. The lowest BCUT2D eigenvalue weighted by atomic mass is 10.1. The SMILES string of the molecule is COc1cc(C)c(S(=O)(=O)N2CCC(O)CC2)c(C)c1. The van der Waals surface area contributed by atoms with E-state index in [9.17, 15) is 13.5 Å². The number of ether oxygens (including phenoxy) is 1. The highest BCUT2D eigenvalue weighted by Crippen LogP contribution is 2.29. The first-order chi connectivity index (χ1) is 9.36. The number of nitrogens with zero attached hydrogens (tertiary/aromatic N) is 1. The van der Waals surface area contributed by atoms with Crippen LogP contribution in [0.1, 0.15) is 24.0 Å². The molecule has 0 radical (unpaired) electrons. The van der Waals surface area contributed by atoms with Crippen LogP contribution in [0.15, 0.2) is 17.0 Å². The Morgan fingerprint density at radius 3 is 2.15 bits per heavy atom. The minimum atomic E-state index is -3.51. The third kappa shape index (κ3) is 2.82. The lowest BCUT2D eigenvalue weighted by Crippen LogP contribution is -2.40. The molecule has 0 amide bonds. The average molecular weight is 299 g/mol. The van der Waals surface area contributed by atoms with Crippen molar-refractivity contribution >= 4 is 10.0 Å². The molecule has 0 bridgehead atoms. The van der Waals surface area contributed by atoms with Crippen LogP contribution in [0.4, 0.5) is 0 Å². The van der Waals surface area contributed by atoms with Crippen molar-refractivity contribution in [3.05, 3.63) is 23.3 Å². The summed E-state index contributed by atoms with van der Waals surface area (Å²) in [5.74, 6) is 0.660. The number of aliphatic hydroxyl groups is 1. The van der Waals surface area contributed by atoms with Crippen molar-refractivity contribution < 1.29 is 18.3 Å². The number of sulfonamides is 1. The zero-order valence-corrected chi connectivity index (χ0v) is 12.9. The average Bonchev–Trinajstić information content (AvgIpc) is 2.37. The number of aliphatic hydroxyl groups excluding tert-OH is 1. The molecule has 0 atom stereocenters. The van der Waals surface area contributed by atoms with E-state index in [1.807, 2.05) is 0 Å². The van der Waals surface area contributed by atoms with Gasteiger partial charge in [-0.2, -0.15) is 4.31 Å². The van der Waals surface area contributed by atoms with Gasteiger partial charge in [0.1, 0.15) is 5.75 Å². The molecule has 0 unspecified atom stereocenters. The number of aryl methyl sites for hydroxylation is 2. The summed E-state index contributed by atoms with van der Waals surface area (Å²) in [5.41, 5.74) is 1.38. The van der Waals surface area contributed by atoms with Crippen LogP contribution in [0.3, 0.4) is 0 Å². The molecule has 5 nitrogen and oxygen atoms in total. The van der Waals surface area contributed by atoms with E-state index in [2.05, 4.69) is 0 Å². The number of methoxy groups -OCH3 is 1. The van der Waals surface area contributed by atoms with E-state index in [-0.39, 0.29) is 6.10 Å². The van der Waals surface area contributed by atoms with Crippen LogP contribution >= 0.6 is 0 Å². The Labute approximate surface area is 120 Å². The van der Waals surface area contributed by atoms with Crippen molar-refractivity contribution in [2.24, 2.45) is 0 Å². The van der Waals surface area contributed by atoms with Crippen molar-refractivity contribution in [1.29, 1.82) is 0 Å². The van der Waals surface area contributed by atoms with E-state index in [0.29, 0.717) is 47.7 Å². The Balaban J connectivity index is 2.39. The molecule has 0 spiro atoms. The largest absolute Gasteiger partial charge is 0.497 e. The highest BCUT2D eigenvalue weighted by molar-refractivity contribution is 7.89. The fourth-order valence-electron chi connectivity index (χ4n) is 2.65. The van der Waals surface area contributed by atoms with E-state index in [1.54, 1.807) is 33.1 Å². The lowest BCUT2D eigenvalue weighted by molar-refractivity contribution is 0.113. The Kier molecular flexibility index (Phi) is 4.36. The Morgan fingerprint density at radius 2 is 1.70 bits per heavy atom. The van der Waals surface area contributed by atoms with Crippen LogP contribution in [0.2, 0.25) is 0 Å². The summed E-state index contributed by atoms with van der Waals surface area (Å²) >= 11 is 0. The Bertz CT molecular complexity index is 566. The number of hydrogen-bond acceptors (Lipinski definition) is 4. The quantitative estimate of drug-likeness (QED) is 0.917. The van der Waals surface area contributed by atoms with Gasteiger partial charge in [-0.1, -0.05) is 0 Å². The summed E-state index contributed by atoms with van der Waals surface area (Å²) in [6.07, 6.45) is 0.598. The maximum atomic E-state index is 12.7. The summed E-state index contributed by atoms with van der Waals surface area (Å²) in [6, 6.07) is 3.47. The van der Waals surface area contributed by atoms with Crippen LogP contribution in [0.5, 0.6) is 5.75 Å². The Hall–Kier alpha value is -1.11. The van der Waals surface area contributed by atoms with Crippen LogP contribution in [-0.4, -0.2) is 44.1 Å². The van der Waals surface area contributed by atoms with E-state index in [0.717, 1.165) is 0 Å². The summed E-state index contributed by atoms with van der Waals surface area (Å²) in [5, 5.41) is 9.50. The molecule has 1 fully saturated rings. The molecule has 1 aromatic carbocycles. The molecule has 0 aliphatic carbocycles. The minimum absolute atomic E-state index is 0.356. The predicted molar refractivity (Wildman–Crippen MR) is 76.5 cm³/mol. The van der Waals surface area contributed by atoms with Crippen LogP contribution < -0.4 is 4.74 Å². The van der Waals surface area contributed by atoms with Gasteiger partial charge >= 0.3 is 0 Å². The molecule has 2 rings (SSSR count). The molecular weight excluding hydrogens is 278 g/mol. The third-order valence-electron chi connectivity index (χ3n) is 3.69. The third-order valence-corrected chi connectivity index (χ3v) is 5.90. The highest BCUT2D eigenvalue weighted by atomic mass is 32.2. The molecule has 1 aliphatic heterocycles. The normalized spacial score (nSPS) is 18.2. The fourth-order valence-corrected chi connectivity index (χ4v) is 4.53. The molecule has 1 N–H and O–H groups in total. The fraction of sp³-hybridized carbons (Fsp3) is 0.571. The first kappa shape index (κ1) is 15.3. The maximum Gasteiger partial charge on any atom is 0.243 e. The van der Waals surface area contributed by atoms with Gasteiger partial charge in [-0.3, -0.25) is 0 Å². The van der Waals surface area contributed by atoms with Gasteiger partial charge in [0.15, 0.2) is 0 Å². The molecule has 0 saturated carbocycles. The van der Waals surface area contributed by atoms with Gasteiger partial charge in [-0.05, 0) is 49.9 Å². The molecule has 1 aliphatic rings. The van der Waals surface area contributed by atoms with Gasteiger partial charge in [-0.25, -0.2) is 8.42 Å². The molecule has 1 aromatic rings. The monoisotopic (exact) mass is 299 g/mol. The number of hydrogen-bond donors (Lipinski definition) is 1. The van der Waals surface area contributed by atoms with Gasteiger partial charge in [0.2, 0.25) is 10.0 Å². The second-order valence-electron chi connectivity index (χ2n) is 5.23. The minimum Gasteiger partial charge on any atom is -0.497 e. The van der Waals surface area contributed by atoms with Gasteiger partial charge < -0.3 is 9.84 Å². The van der Waals surface area contributed by atoms with Crippen molar-refractivity contribution in [1.82, 2.24) is 4.31 Å². The van der Waals surface area contributed by atoms with E-state index in [4.69, 9.17) is 4.74 Å². The summed E-state index contributed by atoms with van der Waals surface area (Å²) in [4.78, 5) is 0.356. The summed E-state index contributed by atoms with van der Waals surface area (Å²) in [7, 11) is -1.94. The standard InChI is InChI=1S/C14H21NO4S/c1-10-8-13(19-3)9-11(2)14(10)20(17,18)15-6-4-12(16)5-7-15/h8-9,12,16H,4-7H2,1-3H3. The summed E-state index contributed by atoms with van der Waals surface area (Å²) < 4.78 is 32.1. The van der Waals surface area contributed by atoms with Crippen LogP contribution in [-0.2, 0) is 10.0 Å². The molecule has 1 saturated heterocycles. The molecule has 6 heteroatoms. The van der Waals surface area contributed by atoms with Crippen molar-refractivity contribution in [2.45, 2.75) is 37.7 Å². The first-order valence-corrected chi connectivity index (χ1v) is 8.13. The van der Waals surface area contributed by atoms with Gasteiger partial charge in [-0.15, -0.1) is 0 Å². The zero-order chi connectivity index (χ0) is 14.9. The molecule has 20 heavy (non-hydrogen) atoms. The van der Waals surface area contributed by atoms with Gasteiger partial charge in [0.25, 0.3) is 0 Å². The molecular formula is C14H21NO4S. The number of rotatable bonds is 3. The maximum absolute atomic E-state index is 12.7. The number of benzene rings is 1. The zero-order valence-electron chi connectivity index (χ0n) is 12.1. The van der Waals surface area contributed by atoms with E-state index in [1.165, 1.54) is 4.31 Å². The van der Waals surface area contributed by atoms with Gasteiger partial charge in [0, 0.05) is 13.1 Å². The predicted octanol–water partition coefficient (Wildman–Crippen LogP) is 1.46. The van der Waals surface area contributed by atoms with Crippen LogP contribution in [0, 0.1) is 13.8 Å². The Morgan fingerprint density at radius 1 is 1.20 bits per heavy atom. The van der Waals surface area contributed by atoms with E-state index >= 15 is 0 Å². The van der Waals surface area contributed by atoms with Crippen molar-refractivity contribution in [3.8, 4) is 5.75 Å². The second-order valence-corrected chi connectivity index (χ2v) is 7.10. The smallest absolute Gasteiger partial charge is 0.243 e. The lowest BCUT2D eigenvalue weighted by Gasteiger charge is -2.29. The topological polar surface area (TPSA) is 66.8 Å². The second kappa shape index (κ2) is 5.71. The molecule has 0 aromatic heterocycles. The summed E-state index contributed by atoms with van der Waals surface area (Å²) in [6.45, 7) is 4.30.